The number of aromatic nitrogens is 4. The third kappa shape index (κ3) is 5.05. The first-order valence-electron chi connectivity index (χ1n) is 9.98. The van der Waals surface area contributed by atoms with Crippen LogP contribution in [-0.2, 0) is 9.53 Å². The molecule has 1 amide bonds. The number of aromatic amines is 1. The zero-order valence-electron chi connectivity index (χ0n) is 17.2. The number of amides is 1. The molecule has 1 aliphatic heterocycles. The molecule has 3 aromatic heterocycles. The van der Waals surface area contributed by atoms with E-state index in [0.717, 1.165) is 28.5 Å². The number of halogens is 3. The second kappa shape index (κ2) is 8.95. The van der Waals surface area contributed by atoms with E-state index in [1.54, 1.807) is 12.4 Å². The standard InChI is InChI=1S/C21H21F3N6O2/c1-12(20(31)28-11-21(22,23)24)29-18-10-25-9-17(30-18)16-8-27-19-15(16)6-14(7-26-19)13-2-4-32-5-3-13/h2,6-10,12H,3-5,11H2,1H3,(H,26,27)(H,28,31)(H,29,30)/t12-/m1/s1. The minimum absolute atomic E-state index is 0.266. The van der Waals surface area contributed by atoms with Gasteiger partial charge in [0.1, 0.15) is 24.1 Å². The van der Waals surface area contributed by atoms with E-state index in [-0.39, 0.29) is 5.82 Å². The van der Waals surface area contributed by atoms with E-state index in [1.807, 2.05) is 23.7 Å². The molecular weight excluding hydrogens is 425 g/mol. The highest BCUT2D eigenvalue weighted by atomic mass is 19.4. The molecule has 3 aromatic rings. The van der Waals surface area contributed by atoms with Crippen molar-refractivity contribution in [2.24, 2.45) is 0 Å². The molecule has 168 valence electrons. The summed E-state index contributed by atoms with van der Waals surface area (Å²) in [7, 11) is 0. The summed E-state index contributed by atoms with van der Waals surface area (Å²) in [5, 5.41) is 5.49. The predicted molar refractivity (Wildman–Crippen MR) is 113 cm³/mol. The van der Waals surface area contributed by atoms with Gasteiger partial charge in [-0.25, -0.2) is 9.97 Å². The first-order chi connectivity index (χ1) is 15.3. The van der Waals surface area contributed by atoms with Crippen LogP contribution in [0.2, 0.25) is 0 Å². The van der Waals surface area contributed by atoms with Crippen molar-refractivity contribution in [3.63, 3.8) is 0 Å². The van der Waals surface area contributed by atoms with E-state index in [4.69, 9.17) is 4.74 Å². The second-order valence-corrected chi connectivity index (χ2v) is 7.37. The molecule has 4 heterocycles. The Morgan fingerprint density at radius 3 is 2.91 bits per heavy atom. The van der Waals surface area contributed by atoms with E-state index in [2.05, 4.69) is 25.3 Å². The molecule has 0 saturated heterocycles. The molecule has 1 aliphatic rings. The van der Waals surface area contributed by atoms with Gasteiger partial charge in [0.15, 0.2) is 0 Å². The van der Waals surface area contributed by atoms with Gasteiger partial charge in [0.05, 0.1) is 31.3 Å². The van der Waals surface area contributed by atoms with Gasteiger partial charge >= 0.3 is 6.18 Å². The third-order valence-corrected chi connectivity index (χ3v) is 5.00. The third-order valence-electron chi connectivity index (χ3n) is 5.00. The molecule has 1 atom stereocenters. The number of rotatable bonds is 6. The number of fused-ring (bicyclic) bond motifs is 1. The van der Waals surface area contributed by atoms with Gasteiger partial charge in [-0.3, -0.25) is 9.78 Å². The van der Waals surface area contributed by atoms with Crippen LogP contribution >= 0.6 is 0 Å². The molecule has 32 heavy (non-hydrogen) atoms. The van der Waals surface area contributed by atoms with E-state index in [0.29, 0.717) is 24.6 Å². The molecule has 0 spiro atoms. The van der Waals surface area contributed by atoms with Gasteiger partial charge in [0.25, 0.3) is 0 Å². The minimum atomic E-state index is -4.47. The molecule has 11 heteroatoms. The van der Waals surface area contributed by atoms with Gasteiger partial charge in [-0.2, -0.15) is 13.2 Å². The smallest absolute Gasteiger partial charge is 0.377 e. The first-order valence-corrected chi connectivity index (χ1v) is 9.98. The van der Waals surface area contributed by atoms with Crippen LogP contribution in [0.4, 0.5) is 19.0 Å². The zero-order chi connectivity index (χ0) is 22.7. The van der Waals surface area contributed by atoms with Gasteiger partial charge < -0.3 is 20.4 Å². The highest BCUT2D eigenvalue weighted by Gasteiger charge is 2.28. The Morgan fingerprint density at radius 2 is 2.16 bits per heavy atom. The summed E-state index contributed by atoms with van der Waals surface area (Å²) in [6.45, 7) is 1.29. The summed E-state index contributed by atoms with van der Waals surface area (Å²) in [4.78, 5) is 28.2. The predicted octanol–water partition coefficient (Wildman–Crippen LogP) is 3.30. The monoisotopic (exact) mass is 446 g/mol. The fourth-order valence-electron chi connectivity index (χ4n) is 3.37. The fraction of sp³-hybridized carbons (Fsp3) is 0.333. The number of nitrogens with zero attached hydrogens (tertiary/aromatic N) is 3. The van der Waals surface area contributed by atoms with Gasteiger partial charge in [-0.05, 0) is 30.5 Å². The number of pyridine rings is 1. The van der Waals surface area contributed by atoms with Crippen molar-refractivity contribution in [3.8, 4) is 11.3 Å². The maximum Gasteiger partial charge on any atom is 0.405 e. The zero-order valence-corrected chi connectivity index (χ0v) is 17.2. The first kappa shape index (κ1) is 21.8. The number of hydrogen-bond donors (Lipinski definition) is 3. The highest BCUT2D eigenvalue weighted by Crippen LogP contribution is 2.30. The fourth-order valence-corrected chi connectivity index (χ4v) is 3.37. The maximum absolute atomic E-state index is 12.3. The number of nitrogens with one attached hydrogen (secondary N) is 3. The van der Waals surface area contributed by atoms with Crippen LogP contribution in [0.3, 0.4) is 0 Å². The van der Waals surface area contributed by atoms with Gasteiger partial charge in [-0.15, -0.1) is 0 Å². The molecule has 3 N–H and O–H groups in total. The number of alkyl halides is 3. The van der Waals surface area contributed by atoms with Crippen LogP contribution in [0.5, 0.6) is 0 Å². The molecule has 0 unspecified atom stereocenters. The summed E-state index contributed by atoms with van der Waals surface area (Å²) in [6.07, 6.45) is 4.93. The number of H-pyrrole nitrogens is 1. The quantitative estimate of drug-likeness (QED) is 0.537. The summed E-state index contributed by atoms with van der Waals surface area (Å²) < 4.78 is 42.3. The van der Waals surface area contributed by atoms with Crippen LogP contribution in [0.25, 0.3) is 27.9 Å². The Hall–Kier alpha value is -3.47. The SMILES string of the molecule is C[C@@H](Nc1cncc(-c2c[nH]c3ncc(C4=CCOCC4)cc23)n1)C(=O)NCC(F)(F)F. The summed E-state index contributed by atoms with van der Waals surface area (Å²) in [5.74, 6) is -0.525. The number of anilines is 1. The van der Waals surface area contributed by atoms with E-state index < -0.39 is 24.7 Å². The minimum Gasteiger partial charge on any atom is -0.377 e. The number of hydrogen-bond acceptors (Lipinski definition) is 6. The molecular formula is C21H21F3N6O2. The number of carbonyl (C=O) groups excluding carboxylic acids is 1. The number of carbonyl (C=O) groups is 1. The lowest BCUT2D eigenvalue weighted by Crippen LogP contribution is -2.42. The van der Waals surface area contributed by atoms with Crippen molar-refractivity contribution in [3.05, 3.63) is 42.5 Å². The Bertz CT molecular complexity index is 1160. The Morgan fingerprint density at radius 1 is 1.31 bits per heavy atom. The molecule has 0 bridgehead atoms. The van der Waals surface area contributed by atoms with Crippen molar-refractivity contribution in [1.82, 2.24) is 25.3 Å². The molecule has 0 aliphatic carbocycles. The Kier molecular flexibility index (Phi) is 6.08. The van der Waals surface area contributed by atoms with Crippen molar-refractivity contribution >= 4 is 28.3 Å². The Labute approximate surface area is 181 Å². The largest absolute Gasteiger partial charge is 0.405 e. The summed E-state index contributed by atoms with van der Waals surface area (Å²) >= 11 is 0. The van der Waals surface area contributed by atoms with Crippen molar-refractivity contribution in [1.29, 1.82) is 0 Å². The molecule has 8 nitrogen and oxygen atoms in total. The van der Waals surface area contributed by atoms with Crippen molar-refractivity contribution in [2.45, 2.75) is 25.6 Å². The van der Waals surface area contributed by atoms with Crippen molar-refractivity contribution < 1.29 is 22.7 Å². The van der Waals surface area contributed by atoms with Crippen LogP contribution in [-0.4, -0.2) is 57.8 Å². The molecule has 0 radical (unpaired) electrons. The van der Waals surface area contributed by atoms with Crippen molar-refractivity contribution in [2.75, 3.05) is 25.1 Å². The number of ether oxygens (including phenoxy) is 1. The van der Waals surface area contributed by atoms with Gasteiger partial charge in [0.2, 0.25) is 5.91 Å². The topological polar surface area (TPSA) is 105 Å². The lowest BCUT2D eigenvalue weighted by molar-refractivity contribution is -0.138. The van der Waals surface area contributed by atoms with Crippen LogP contribution < -0.4 is 10.6 Å². The molecule has 0 aromatic carbocycles. The van der Waals surface area contributed by atoms with Gasteiger partial charge in [0, 0.05) is 23.3 Å². The normalized spacial score (nSPS) is 15.3. The van der Waals surface area contributed by atoms with Crippen LogP contribution in [0.1, 0.15) is 18.9 Å². The molecule has 0 fully saturated rings. The van der Waals surface area contributed by atoms with E-state index >= 15 is 0 Å². The molecule has 0 saturated carbocycles. The van der Waals surface area contributed by atoms with Crippen LogP contribution in [0.15, 0.2) is 36.9 Å². The Balaban J connectivity index is 1.55. The van der Waals surface area contributed by atoms with Crippen LogP contribution in [0, 0.1) is 0 Å². The summed E-state index contributed by atoms with van der Waals surface area (Å²) in [6, 6.07) is 1.10. The average molecular weight is 446 g/mol. The van der Waals surface area contributed by atoms with Gasteiger partial charge in [-0.1, -0.05) is 6.08 Å². The van der Waals surface area contributed by atoms with E-state index in [9.17, 15) is 18.0 Å². The second-order valence-electron chi connectivity index (χ2n) is 7.37. The highest BCUT2D eigenvalue weighted by molar-refractivity contribution is 5.94. The average Bonchev–Trinajstić information content (AvgIpc) is 3.21. The van der Waals surface area contributed by atoms with E-state index in [1.165, 1.54) is 13.1 Å². The maximum atomic E-state index is 12.3. The summed E-state index contributed by atoms with van der Waals surface area (Å²) in [5.41, 5.74) is 4.16. The molecule has 4 rings (SSSR count). The lowest BCUT2D eigenvalue weighted by atomic mass is 10.0. The lowest BCUT2D eigenvalue weighted by Gasteiger charge is -2.15.